The van der Waals surface area contributed by atoms with Crippen LogP contribution in [0.15, 0.2) is 36.5 Å². The molecule has 1 saturated carbocycles. The zero-order valence-electron chi connectivity index (χ0n) is 14.7. The highest BCUT2D eigenvalue weighted by Crippen LogP contribution is 2.30. The van der Waals surface area contributed by atoms with Crippen molar-refractivity contribution >= 4 is 19.2 Å². The predicted molar refractivity (Wildman–Crippen MR) is 96.2 cm³/mol. The minimum Gasteiger partial charge on any atom is -0.293 e. The number of hydrogen-bond acceptors (Lipinski definition) is 3. The van der Waals surface area contributed by atoms with E-state index >= 15 is 0 Å². The lowest BCUT2D eigenvalue weighted by atomic mass is 9.82. The van der Waals surface area contributed by atoms with Gasteiger partial charge >= 0.3 is 5.97 Å². The fraction of sp³-hybridized carbons (Fsp3) is 0.526. The van der Waals surface area contributed by atoms with Gasteiger partial charge in [-0.3, -0.25) is 4.89 Å². The van der Waals surface area contributed by atoms with Crippen molar-refractivity contribution in [2.45, 2.75) is 52.3 Å². The van der Waals surface area contributed by atoms with E-state index in [1.54, 1.807) is 0 Å². The summed E-state index contributed by atoms with van der Waals surface area (Å²) in [6.07, 6.45) is 3.31. The maximum Gasteiger partial charge on any atom is 0.373 e. The average molecular weight is 333 g/mol. The smallest absolute Gasteiger partial charge is 0.293 e. The SMILES string of the molecule is C=C[Si](C)(C)c1ccc(C(=O)OOC2CC(C)CCC2C)cc1. The van der Waals surface area contributed by atoms with E-state index in [0.29, 0.717) is 17.4 Å². The molecule has 0 aromatic heterocycles. The van der Waals surface area contributed by atoms with Crippen LogP contribution in [0.3, 0.4) is 0 Å². The van der Waals surface area contributed by atoms with Crippen molar-refractivity contribution in [1.29, 1.82) is 0 Å². The first kappa shape index (κ1) is 18.0. The maximum atomic E-state index is 12.2. The van der Waals surface area contributed by atoms with Crippen LogP contribution in [0.2, 0.25) is 13.1 Å². The molecule has 1 aliphatic carbocycles. The van der Waals surface area contributed by atoms with Crippen LogP contribution in [0.1, 0.15) is 43.5 Å². The standard InChI is InChI=1S/C19H28O3Si/c1-6-23(4,5)17-11-9-16(10-12-17)19(20)22-21-18-13-14(2)7-8-15(18)3/h6,9-12,14-15,18H,1,7-8,13H2,2-5H3. The molecule has 3 nitrogen and oxygen atoms in total. The van der Waals surface area contributed by atoms with Crippen molar-refractivity contribution < 1.29 is 14.6 Å². The summed E-state index contributed by atoms with van der Waals surface area (Å²) in [6.45, 7) is 12.7. The number of rotatable bonds is 5. The molecule has 1 aliphatic rings. The van der Waals surface area contributed by atoms with E-state index in [1.165, 1.54) is 11.6 Å². The highest BCUT2D eigenvalue weighted by atomic mass is 28.3. The third-order valence-electron chi connectivity index (χ3n) is 5.01. The molecular weight excluding hydrogens is 304 g/mol. The predicted octanol–water partition coefficient (Wildman–Crippen LogP) is 4.24. The summed E-state index contributed by atoms with van der Waals surface area (Å²) in [5.74, 6) is 0.640. The Hall–Kier alpha value is -1.39. The molecule has 1 aromatic rings. The van der Waals surface area contributed by atoms with Crippen LogP contribution in [-0.4, -0.2) is 20.1 Å². The van der Waals surface area contributed by atoms with E-state index in [-0.39, 0.29) is 6.10 Å². The summed E-state index contributed by atoms with van der Waals surface area (Å²) in [5, 5.41) is 1.25. The van der Waals surface area contributed by atoms with Gasteiger partial charge in [0.15, 0.2) is 0 Å². The zero-order valence-corrected chi connectivity index (χ0v) is 15.7. The topological polar surface area (TPSA) is 35.5 Å². The highest BCUT2D eigenvalue weighted by molar-refractivity contribution is 6.93. The fourth-order valence-electron chi connectivity index (χ4n) is 2.92. The van der Waals surface area contributed by atoms with Gasteiger partial charge < -0.3 is 0 Å². The Morgan fingerprint density at radius 1 is 1.22 bits per heavy atom. The van der Waals surface area contributed by atoms with E-state index in [0.717, 1.165) is 12.8 Å². The lowest BCUT2D eigenvalue weighted by Gasteiger charge is -2.30. The van der Waals surface area contributed by atoms with Crippen molar-refractivity contribution in [3.8, 4) is 0 Å². The molecule has 0 bridgehead atoms. The maximum absolute atomic E-state index is 12.2. The second-order valence-corrected chi connectivity index (χ2v) is 11.8. The number of carbonyl (C=O) groups excluding carboxylic acids is 1. The van der Waals surface area contributed by atoms with Gasteiger partial charge in [0.25, 0.3) is 0 Å². The van der Waals surface area contributed by atoms with E-state index in [9.17, 15) is 4.79 Å². The summed E-state index contributed by atoms with van der Waals surface area (Å²) in [7, 11) is -1.59. The van der Waals surface area contributed by atoms with Gasteiger partial charge in [-0.15, -0.1) is 6.58 Å². The van der Waals surface area contributed by atoms with Gasteiger partial charge in [0.05, 0.1) is 5.56 Å². The Labute approximate surface area is 140 Å². The summed E-state index contributed by atoms with van der Waals surface area (Å²) in [5.41, 5.74) is 2.56. The van der Waals surface area contributed by atoms with Crippen LogP contribution in [0.25, 0.3) is 0 Å². The normalized spacial score (nSPS) is 25.0. The lowest BCUT2D eigenvalue weighted by Crippen LogP contribution is -2.39. The molecule has 0 heterocycles. The highest BCUT2D eigenvalue weighted by Gasteiger charge is 2.28. The van der Waals surface area contributed by atoms with Gasteiger partial charge in [-0.25, -0.2) is 4.79 Å². The fourth-order valence-corrected chi connectivity index (χ4v) is 4.18. The Morgan fingerprint density at radius 3 is 2.48 bits per heavy atom. The monoisotopic (exact) mass is 332 g/mol. The van der Waals surface area contributed by atoms with E-state index in [4.69, 9.17) is 9.78 Å². The molecule has 0 amide bonds. The van der Waals surface area contributed by atoms with Crippen LogP contribution >= 0.6 is 0 Å². The third kappa shape index (κ3) is 4.55. The quantitative estimate of drug-likeness (QED) is 0.459. The first-order chi connectivity index (χ1) is 10.8. The molecule has 1 aromatic carbocycles. The molecule has 0 radical (unpaired) electrons. The second-order valence-electron chi connectivity index (χ2n) is 7.40. The van der Waals surface area contributed by atoms with Gasteiger partial charge in [0.2, 0.25) is 0 Å². The first-order valence-corrected chi connectivity index (χ1v) is 11.5. The molecule has 0 spiro atoms. The summed E-state index contributed by atoms with van der Waals surface area (Å²) in [4.78, 5) is 22.7. The molecule has 0 aliphatic heterocycles. The van der Waals surface area contributed by atoms with Gasteiger partial charge in [0.1, 0.15) is 14.2 Å². The molecule has 0 saturated heterocycles. The lowest BCUT2D eigenvalue weighted by molar-refractivity contribution is -0.291. The number of hydrogen-bond donors (Lipinski definition) is 0. The van der Waals surface area contributed by atoms with Gasteiger partial charge in [-0.1, -0.05) is 56.4 Å². The van der Waals surface area contributed by atoms with E-state index < -0.39 is 14.0 Å². The molecule has 3 atom stereocenters. The molecule has 2 rings (SSSR count). The Kier molecular flexibility index (Phi) is 5.82. The van der Waals surface area contributed by atoms with Crippen molar-refractivity contribution in [2.24, 2.45) is 11.8 Å². The van der Waals surface area contributed by atoms with Crippen LogP contribution in [0.5, 0.6) is 0 Å². The zero-order chi connectivity index (χ0) is 17.0. The van der Waals surface area contributed by atoms with Crippen LogP contribution in [0.4, 0.5) is 0 Å². The Balaban J connectivity index is 1.94. The number of carbonyl (C=O) groups is 1. The minimum absolute atomic E-state index is 0.00841. The van der Waals surface area contributed by atoms with E-state index in [1.807, 2.05) is 30.0 Å². The molecule has 1 fully saturated rings. The molecule has 3 unspecified atom stereocenters. The molecule has 0 N–H and O–H groups in total. The van der Waals surface area contributed by atoms with Crippen LogP contribution in [0, 0.1) is 11.8 Å². The average Bonchev–Trinajstić information content (AvgIpc) is 2.55. The van der Waals surface area contributed by atoms with Crippen molar-refractivity contribution in [2.75, 3.05) is 0 Å². The van der Waals surface area contributed by atoms with Gasteiger partial charge in [-0.2, -0.15) is 4.89 Å². The molecule has 4 heteroatoms. The summed E-state index contributed by atoms with van der Waals surface area (Å²) >= 11 is 0. The van der Waals surface area contributed by atoms with Crippen LogP contribution < -0.4 is 5.19 Å². The first-order valence-electron chi connectivity index (χ1n) is 8.45. The van der Waals surface area contributed by atoms with E-state index in [2.05, 4.69) is 33.5 Å². The third-order valence-corrected chi connectivity index (χ3v) is 7.85. The van der Waals surface area contributed by atoms with Crippen molar-refractivity contribution in [3.05, 3.63) is 42.1 Å². The number of benzene rings is 1. The van der Waals surface area contributed by atoms with Crippen molar-refractivity contribution in [1.82, 2.24) is 0 Å². The summed E-state index contributed by atoms with van der Waals surface area (Å²) in [6, 6.07) is 7.62. The largest absolute Gasteiger partial charge is 0.373 e. The molecular formula is C19H28O3Si. The molecule has 23 heavy (non-hydrogen) atoms. The Morgan fingerprint density at radius 2 is 1.87 bits per heavy atom. The Bertz CT molecular complexity index is 550. The summed E-state index contributed by atoms with van der Waals surface area (Å²) < 4.78 is 0. The minimum atomic E-state index is -1.59. The van der Waals surface area contributed by atoms with Crippen LogP contribution in [-0.2, 0) is 9.78 Å². The molecule has 126 valence electrons. The van der Waals surface area contributed by atoms with Crippen molar-refractivity contribution in [3.63, 3.8) is 0 Å². The second kappa shape index (κ2) is 7.45. The van der Waals surface area contributed by atoms with Gasteiger partial charge in [-0.05, 0) is 36.8 Å². The van der Waals surface area contributed by atoms with Gasteiger partial charge in [0, 0.05) is 0 Å².